The molecule has 1 aliphatic carbocycles. The lowest BCUT2D eigenvalue weighted by Gasteiger charge is -2.30. The minimum atomic E-state index is -0.283. The van der Waals surface area contributed by atoms with E-state index in [-0.39, 0.29) is 11.7 Å². The quantitative estimate of drug-likeness (QED) is 0.825. The topological polar surface area (TPSA) is 42.4 Å². The molecule has 2 heterocycles. The summed E-state index contributed by atoms with van der Waals surface area (Å²) in [6.45, 7) is 0.628. The van der Waals surface area contributed by atoms with E-state index in [0.29, 0.717) is 12.4 Å². The van der Waals surface area contributed by atoms with Crippen LogP contribution in [0.5, 0.6) is 0 Å². The summed E-state index contributed by atoms with van der Waals surface area (Å²) in [6, 6.07) is 14.0. The third-order valence-corrected chi connectivity index (χ3v) is 4.87. The summed E-state index contributed by atoms with van der Waals surface area (Å²) in [6.07, 6.45) is 7.03. The standard InChI is InChI=1S/C19H20N2O2/c22-18-21(14-19(23-18)11-5-2-6-12-19)17-10-9-16(13-20-17)15-7-3-1-4-8-15/h1,3-4,7-10,13H,2,5-6,11-12,14H2. The second-order valence-corrected chi connectivity index (χ2v) is 6.47. The maximum absolute atomic E-state index is 12.3. The highest BCUT2D eigenvalue weighted by Gasteiger charge is 2.46. The number of rotatable bonds is 2. The highest BCUT2D eigenvalue weighted by molar-refractivity contribution is 5.89. The molecule has 0 N–H and O–H groups in total. The van der Waals surface area contributed by atoms with Crippen molar-refractivity contribution in [2.24, 2.45) is 0 Å². The van der Waals surface area contributed by atoms with Crippen molar-refractivity contribution in [3.63, 3.8) is 0 Å². The second kappa shape index (κ2) is 5.69. The minimum Gasteiger partial charge on any atom is -0.441 e. The SMILES string of the molecule is O=C1OC2(CCCCC2)CN1c1ccc(-c2ccccc2)cn1. The zero-order chi connectivity index (χ0) is 15.7. The lowest BCUT2D eigenvalue weighted by Crippen LogP contribution is -2.36. The van der Waals surface area contributed by atoms with Crippen LogP contribution in [0.25, 0.3) is 11.1 Å². The van der Waals surface area contributed by atoms with Gasteiger partial charge in [-0.05, 0) is 43.4 Å². The van der Waals surface area contributed by atoms with E-state index in [1.807, 2.05) is 36.5 Å². The Kier molecular flexibility index (Phi) is 3.52. The maximum Gasteiger partial charge on any atom is 0.416 e. The van der Waals surface area contributed by atoms with E-state index in [2.05, 4.69) is 17.1 Å². The molecule has 1 aromatic carbocycles. The molecule has 2 fully saturated rings. The number of ether oxygens (including phenoxy) is 1. The van der Waals surface area contributed by atoms with Gasteiger partial charge in [-0.2, -0.15) is 0 Å². The van der Waals surface area contributed by atoms with Crippen LogP contribution in [0.2, 0.25) is 0 Å². The van der Waals surface area contributed by atoms with Crippen molar-refractivity contribution in [2.45, 2.75) is 37.7 Å². The second-order valence-electron chi connectivity index (χ2n) is 6.47. The third-order valence-electron chi connectivity index (χ3n) is 4.87. The van der Waals surface area contributed by atoms with Gasteiger partial charge in [-0.25, -0.2) is 9.78 Å². The van der Waals surface area contributed by atoms with E-state index in [0.717, 1.165) is 36.8 Å². The van der Waals surface area contributed by atoms with Crippen LogP contribution in [-0.2, 0) is 4.74 Å². The summed E-state index contributed by atoms with van der Waals surface area (Å²) >= 11 is 0. The average molecular weight is 308 g/mol. The summed E-state index contributed by atoms with van der Waals surface area (Å²) in [5, 5.41) is 0. The van der Waals surface area contributed by atoms with Gasteiger partial charge in [0, 0.05) is 11.8 Å². The number of carbonyl (C=O) groups excluding carboxylic acids is 1. The number of pyridine rings is 1. The van der Waals surface area contributed by atoms with Gasteiger partial charge in [0.05, 0.1) is 6.54 Å². The molecule has 1 saturated heterocycles. The van der Waals surface area contributed by atoms with Gasteiger partial charge in [0.1, 0.15) is 11.4 Å². The molecule has 0 unspecified atom stereocenters. The van der Waals surface area contributed by atoms with Crippen molar-refractivity contribution in [1.29, 1.82) is 0 Å². The van der Waals surface area contributed by atoms with Gasteiger partial charge in [0.25, 0.3) is 0 Å². The fraction of sp³-hybridized carbons (Fsp3) is 0.368. The van der Waals surface area contributed by atoms with Crippen LogP contribution in [0, 0.1) is 0 Å². The molecule has 4 nitrogen and oxygen atoms in total. The number of hydrogen-bond acceptors (Lipinski definition) is 3. The smallest absolute Gasteiger partial charge is 0.416 e. The molecule has 0 bridgehead atoms. The molecule has 2 aromatic rings. The van der Waals surface area contributed by atoms with Crippen LogP contribution >= 0.6 is 0 Å². The Morgan fingerprint density at radius 2 is 1.74 bits per heavy atom. The third kappa shape index (κ3) is 2.69. The van der Waals surface area contributed by atoms with Gasteiger partial charge in [0.15, 0.2) is 0 Å². The summed E-state index contributed by atoms with van der Waals surface area (Å²) in [4.78, 5) is 18.4. The van der Waals surface area contributed by atoms with E-state index in [1.165, 1.54) is 6.42 Å². The fourth-order valence-corrected chi connectivity index (χ4v) is 3.60. The van der Waals surface area contributed by atoms with Crippen molar-refractivity contribution >= 4 is 11.9 Å². The lowest BCUT2D eigenvalue weighted by atomic mass is 9.85. The molecular formula is C19H20N2O2. The molecule has 23 heavy (non-hydrogen) atoms. The first-order chi connectivity index (χ1) is 11.3. The first-order valence-electron chi connectivity index (χ1n) is 8.28. The van der Waals surface area contributed by atoms with Crippen molar-refractivity contribution < 1.29 is 9.53 Å². The Morgan fingerprint density at radius 1 is 0.957 bits per heavy atom. The summed E-state index contributed by atoms with van der Waals surface area (Å²) in [7, 11) is 0. The predicted molar refractivity (Wildman–Crippen MR) is 89.3 cm³/mol. The highest BCUT2D eigenvalue weighted by Crippen LogP contribution is 2.38. The Bertz CT molecular complexity index is 691. The molecule has 0 atom stereocenters. The zero-order valence-corrected chi connectivity index (χ0v) is 13.1. The molecule has 1 aliphatic heterocycles. The van der Waals surface area contributed by atoms with Crippen molar-refractivity contribution in [3.05, 3.63) is 48.7 Å². The Hall–Kier alpha value is -2.36. The average Bonchev–Trinajstić information content (AvgIpc) is 2.92. The molecule has 118 valence electrons. The zero-order valence-electron chi connectivity index (χ0n) is 13.1. The number of amides is 1. The van der Waals surface area contributed by atoms with E-state index in [1.54, 1.807) is 4.90 Å². The van der Waals surface area contributed by atoms with Crippen LogP contribution in [0.4, 0.5) is 10.6 Å². The fourth-order valence-electron chi connectivity index (χ4n) is 3.60. The van der Waals surface area contributed by atoms with E-state index in [9.17, 15) is 4.79 Å². The number of hydrogen-bond donors (Lipinski definition) is 0. The molecule has 2 aliphatic rings. The number of aromatic nitrogens is 1. The number of benzene rings is 1. The molecule has 1 saturated carbocycles. The van der Waals surface area contributed by atoms with Gasteiger partial charge in [0.2, 0.25) is 0 Å². The molecular weight excluding hydrogens is 288 g/mol. The van der Waals surface area contributed by atoms with Gasteiger partial charge in [-0.1, -0.05) is 36.8 Å². The Balaban J connectivity index is 1.55. The summed E-state index contributed by atoms with van der Waals surface area (Å²) in [5.74, 6) is 0.678. The lowest BCUT2D eigenvalue weighted by molar-refractivity contribution is 0.0260. The minimum absolute atomic E-state index is 0.258. The van der Waals surface area contributed by atoms with Crippen LogP contribution < -0.4 is 4.90 Å². The number of nitrogens with zero attached hydrogens (tertiary/aromatic N) is 2. The van der Waals surface area contributed by atoms with E-state index >= 15 is 0 Å². The molecule has 1 amide bonds. The van der Waals surface area contributed by atoms with Gasteiger partial charge in [-0.15, -0.1) is 0 Å². The normalized spacial score (nSPS) is 19.8. The number of anilines is 1. The van der Waals surface area contributed by atoms with Crippen molar-refractivity contribution in [3.8, 4) is 11.1 Å². The van der Waals surface area contributed by atoms with Gasteiger partial charge < -0.3 is 4.74 Å². The van der Waals surface area contributed by atoms with Crippen molar-refractivity contribution in [1.82, 2.24) is 4.98 Å². The first kappa shape index (κ1) is 14.2. The number of carbonyl (C=O) groups is 1. The largest absolute Gasteiger partial charge is 0.441 e. The molecule has 1 spiro atoms. The van der Waals surface area contributed by atoms with Gasteiger partial charge in [-0.3, -0.25) is 4.90 Å². The van der Waals surface area contributed by atoms with Crippen LogP contribution in [0.15, 0.2) is 48.7 Å². The van der Waals surface area contributed by atoms with E-state index in [4.69, 9.17) is 4.74 Å². The van der Waals surface area contributed by atoms with E-state index < -0.39 is 0 Å². The monoisotopic (exact) mass is 308 g/mol. The Morgan fingerprint density at radius 3 is 2.43 bits per heavy atom. The Labute approximate surface area is 136 Å². The maximum atomic E-state index is 12.3. The molecule has 4 rings (SSSR count). The van der Waals surface area contributed by atoms with Crippen LogP contribution in [-0.4, -0.2) is 23.2 Å². The summed E-state index contributed by atoms with van der Waals surface area (Å²) < 4.78 is 5.72. The highest BCUT2D eigenvalue weighted by atomic mass is 16.6. The van der Waals surface area contributed by atoms with Crippen molar-refractivity contribution in [2.75, 3.05) is 11.4 Å². The van der Waals surface area contributed by atoms with Crippen LogP contribution in [0.3, 0.4) is 0 Å². The first-order valence-corrected chi connectivity index (χ1v) is 8.28. The molecule has 1 aromatic heterocycles. The molecule has 0 radical (unpaired) electrons. The van der Waals surface area contributed by atoms with Crippen LogP contribution in [0.1, 0.15) is 32.1 Å². The molecule has 4 heteroatoms. The van der Waals surface area contributed by atoms with Gasteiger partial charge >= 0.3 is 6.09 Å². The summed E-state index contributed by atoms with van der Waals surface area (Å²) in [5.41, 5.74) is 1.89. The predicted octanol–water partition coefficient (Wildman–Crippen LogP) is 4.41.